The molecule has 4 rings (SSSR count). The second kappa shape index (κ2) is 4.86. The zero-order valence-electron chi connectivity index (χ0n) is 13.0. The number of aryl methyl sites for hydroxylation is 1. The highest BCUT2D eigenvalue weighted by Gasteiger charge is 2.48. The molecule has 3 N–H and O–H groups in total. The zero-order chi connectivity index (χ0) is 17.1. The fraction of sp³-hybridized carbons (Fsp3) is 0.500. The Labute approximate surface area is 136 Å². The number of amides is 2. The molecule has 2 aliphatic rings. The van der Waals surface area contributed by atoms with Crippen LogP contribution < -0.4 is 10.6 Å². The van der Waals surface area contributed by atoms with Crippen LogP contribution in [0.25, 0.3) is 0 Å². The van der Waals surface area contributed by atoms with Crippen LogP contribution in [0.15, 0.2) is 6.07 Å². The number of rotatable bonds is 3. The van der Waals surface area contributed by atoms with E-state index in [0.29, 0.717) is 37.3 Å². The van der Waals surface area contributed by atoms with Crippen LogP contribution in [0, 0.1) is 0 Å². The topological polar surface area (TPSA) is 123 Å². The van der Waals surface area contributed by atoms with Crippen molar-refractivity contribution < 1.29 is 14.0 Å². The van der Waals surface area contributed by atoms with Gasteiger partial charge in [-0.05, 0) is 19.3 Å². The van der Waals surface area contributed by atoms with E-state index in [1.54, 1.807) is 17.8 Å². The van der Waals surface area contributed by atoms with Gasteiger partial charge in [-0.2, -0.15) is 5.10 Å². The van der Waals surface area contributed by atoms with E-state index in [9.17, 15) is 14.0 Å². The molecule has 0 spiro atoms. The molecular formula is C14H16FN7O2. The number of halogens is 1. The molecule has 1 atom stereocenters. The van der Waals surface area contributed by atoms with Crippen molar-refractivity contribution in [3.05, 3.63) is 23.4 Å². The van der Waals surface area contributed by atoms with Gasteiger partial charge in [-0.25, -0.2) is 14.1 Å². The smallest absolute Gasteiger partial charge is 0.288 e. The van der Waals surface area contributed by atoms with E-state index in [4.69, 9.17) is 5.73 Å². The second-order valence-electron chi connectivity index (χ2n) is 6.22. The Balaban J connectivity index is 1.64. The molecule has 1 saturated carbocycles. The van der Waals surface area contributed by atoms with Gasteiger partial charge in [0.15, 0.2) is 5.67 Å². The molecule has 1 fully saturated rings. The van der Waals surface area contributed by atoms with Gasteiger partial charge in [0, 0.05) is 19.7 Å². The first-order chi connectivity index (χ1) is 11.4. The Hall–Kier alpha value is -2.78. The summed E-state index contributed by atoms with van der Waals surface area (Å²) >= 11 is 0. The maximum atomic E-state index is 14.2. The number of nitrogens with two attached hydrogens (primary N) is 1. The van der Waals surface area contributed by atoms with Gasteiger partial charge in [-0.3, -0.25) is 19.6 Å². The van der Waals surface area contributed by atoms with E-state index in [1.165, 1.54) is 4.90 Å². The number of carbonyl (C=O) groups is 2. The Kier molecular flexibility index (Phi) is 2.99. The number of H-pyrrole nitrogens is 1. The summed E-state index contributed by atoms with van der Waals surface area (Å²) in [5.41, 5.74) is 4.17. The molecule has 126 valence electrons. The summed E-state index contributed by atoms with van der Waals surface area (Å²) in [5, 5.41) is 10.6. The summed E-state index contributed by atoms with van der Waals surface area (Å²) in [7, 11) is 1.61. The molecular weight excluding hydrogens is 317 g/mol. The molecule has 0 bridgehead atoms. The number of anilines is 1. The van der Waals surface area contributed by atoms with Crippen molar-refractivity contribution in [2.75, 3.05) is 11.9 Å². The number of fused-ring (bicyclic) bond motifs is 1. The first-order valence-electron chi connectivity index (χ1n) is 7.66. The van der Waals surface area contributed by atoms with Crippen LogP contribution in [-0.2, 0) is 17.0 Å². The molecule has 24 heavy (non-hydrogen) atoms. The number of carbonyl (C=O) groups excluding carboxylic acids is 2. The minimum absolute atomic E-state index is 0.155. The van der Waals surface area contributed by atoms with Crippen molar-refractivity contribution in [3.63, 3.8) is 0 Å². The maximum absolute atomic E-state index is 14.2. The van der Waals surface area contributed by atoms with Crippen molar-refractivity contribution in [3.8, 4) is 0 Å². The highest BCUT2D eigenvalue weighted by atomic mass is 19.1. The first kappa shape index (κ1) is 14.8. The number of aromatic nitrogens is 5. The van der Waals surface area contributed by atoms with E-state index < -0.39 is 17.5 Å². The molecule has 10 heteroatoms. The normalized spacial score (nSPS) is 22.2. The van der Waals surface area contributed by atoms with Crippen molar-refractivity contribution in [2.45, 2.75) is 37.4 Å². The lowest BCUT2D eigenvalue weighted by molar-refractivity contribution is -0.119. The predicted octanol–water partition coefficient (Wildman–Crippen LogP) is 0.209. The number of alkyl halides is 1. The number of hydrogen-bond donors (Lipinski definition) is 2. The number of nitrogens with zero attached hydrogens (tertiary/aromatic N) is 5. The number of hydrogen-bond acceptors (Lipinski definition) is 5. The fourth-order valence-corrected chi connectivity index (χ4v) is 2.94. The molecule has 1 aliphatic carbocycles. The summed E-state index contributed by atoms with van der Waals surface area (Å²) in [5.74, 6) is -0.899. The van der Waals surface area contributed by atoms with Crippen LogP contribution in [-0.4, -0.2) is 43.8 Å². The number of nitrogens with one attached hydrogen (secondary N) is 1. The molecule has 3 heterocycles. The molecule has 9 nitrogen and oxygen atoms in total. The Morgan fingerprint density at radius 3 is 2.88 bits per heavy atom. The standard InChI is InChI=1S/C14H16FN7O2/c1-21-9-6-8(14(15)3-4-14)20-22(9)5-2-7(13(21)24)11-17-12(10(16)23)19-18-11/h6-7H,2-5H2,1H3,(H2,16,23)(H,17,18,19)/t7-/m0/s1. The molecule has 0 radical (unpaired) electrons. The lowest BCUT2D eigenvalue weighted by Crippen LogP contribution is -2.31. The van der Waals surface area contributed by atoms with Gasteiger partial charge in [-0.1, -0.05) is 0 Å². The van der Waals surface area contributed by atoms with Gasteiger partial charge >= 0.3 is 0 Å². The molecule has 1 aliphatic heterocycles. The van der Waals surface area contributed by atoms with E-state index in [2.05, 4.69) is 20.3 Å². The minimum atomic E-state index is -1.34. The van der Waals surface area contributed by atoms with Gasteiger partial charge in [0.25, 0.3) is 5.91 Å². The summed E-state index contributed by atoms with van der Waals surface area (Å²) in [6.45, 7) is 0.429. The van der Waals surface area contributed by atoms with Crippen molar-refractivity contribution in [1.29, 1.82) is 0 Å². The van der Waals surface area contributed by atoms with Gasteiger partial charge in [-0.15, -0.1) is 5.10 Å². The molecule has 2 amide bonds. The van der Waals surface area contributed by atoms with Gasteiger partial charge < -0.3 is 5.73 Å². The maximum Gasteiger partial charge on any atom is 0.288 e. The van der Waals surface area contributed by atoms with Crippen LogP contribution in [0.4, 0.5) is 10.2 Å². The van der Waals surface area contributed by atoms with E-state index in [0.717, 1.165) is 0 Å². The van der Waals surface area contributed by atoms with E-state index in [1.807, 2.05) is 0 Å². The average Bonchev–Trinajstić information content (AvgIpc) is 3.02. The number of primary amides is 1. The molecule has 0 aromatic carbocycles. The Bertz CT molecular complexity index is 838. The van der Waals surface area contributed by atoms with Crippen molar-refractivity contribution in [2.24, 2.45) is 5.73 Å². The SMILES string of the molecule is CN1C(=O)[C@H](c2nc(C(N)=O)n[nH]2)CCn2nc(C3(F)CC3)cc21. The molecule has 0 unspecified atom stereocenters. The summed E-state index contributed by atoms with van der Waals surface area (Å²) in [6, 6.07) is 1.63. The zero-order valence-corrected chi connectivity index (χ0v) is 13.0. The molecule has 0 saturated heterocycles. The van der Waals surface area contributed by atoms with Crippen molar-refractivity contribution in [1.82, 2.24) is 25.0 Å². The van der Waals surface area contributed by atoms with E-state index in [-0.39, 0.29) is 17.6 Å². The third-order valence-electron chi connectivity index (χ3n) is 4.56. The van der Waals surface area contributed by atoms with Gasteiger partial charge in [0.2, 0.25) is 11.7 Å². The quantitative estimate of drug-likeness (QED) is 0.831. The Morgan fingerprint density at radius 1 is 1.50 bits per heavy atom. The highest BCUT2D eigenvalue weighted by molar-refractivity contribution is 5.97. The number of likely N-dealkylation sites (N-methyl/N-ethyl adjacent to an activating group) is 1. The third kappa shape index (κ3) is 2.17. The van der Waals surface area contributed by atoms with Crippen LogP contribution in [0.3, 0.4) is 0 Å². The fourth-order valence-electron chi connectivity index (χ4n) is 2.94. The molecule has 2 aromatic rings. The third-order valence-corrected chi connectivity index (χ3v) is 4.56. The predicted molar refractivity (Wildman–Crippen MR) is 79.9 cm³/mol. The number of aromatic amines is 1. The Morgan fingerprint density at radius 2 is 2.25 bits per heavy atom. The first-order valence-corrected chi connectivity index (χ1v) is 7.66. The van der Waals surface area contributed by atoms with Gasteiger partial charge in [0.1, 0.15) is 17.3 Å². The lowest BCUT2D eigenvalue weighted by Gasteiger charge is -2.17. The van der Waals surface area contributed by atoms with E-state index >= 15 is 0 Å². The van der Waals surface area contributed by atoms with Crippen LogP contribution in [0.2, 0.25) is 0 Å². The largest absolute Gasteiger partial charge is 0.363 e. The summed E-state index contributed by atoms with van der Waals surface area (Å²) < 4.78 is 15.9. The van der Waals surface area contributed by atoms with Crippen LogP contribution in [0.1, 0.15) is 47.3 Å². The minimum Gasteiger partial charge on any atom is -0.363 e. The summed E-state index contributed by atoms with van der Waals surface area (Å²) in [6.07, 6.45) is 1.35. The average molecular weight is 333 g/mol. The molecule has 2 aromatic heterocycles. The highest BCUT2D eigenvalue weighted by Crippen LogP contribution is 2.49. The van der Waals surface area contributed by atoms with Gasteiger partial charge in [0.05, 0.1) is 5.92 Å². The second-order valence-corrected chi connectivity index (χ2v) is 6.22. The van der Waals surface area contributed by atoms with Crippen LogP contribution >= 0.6 is 0 Å². The lowest BCUT2D eigenvalue weighted by atomic mass is 10.0. The summed E-state index contributed by atoms with van der Waals surface area (Å²) in [4.78, 5) is 29.3. The van der Waals surface area contributed by atoms with Crippen molar-refractivity contribution >= 4 is 17.6 Å². The monoisotopic (exact) mass is 333 g/mol. The van der Waals surface area contributed by atoms with Crippen LogP contribution in [0.5, 0.6) is 0 Å².